The number of hydrogen-bond acceptors (Lipinski definition) is 5. The van der Waals surface area contributed by atoms with E-state index in [1.54, 1.807) is 17.8 Å². The molecule has 0 saturated heterocycles. The molecular weight excluding hydrogens is 470 g/mol. The van der Waals surface area contributed by atoms with Crippen molar-refractivity contribution in [3.05, 3.63) is 96.1 Å². The lowest BCUT2D eigenvalue weighted by Gasteiger charge is -2.33. The zero-order valence-corrected chi connectivity index (χ0v) is 21.1. The zero-order chi connectivity index (χ0) is 24.4. The molecule has 0 saturated carbocycles. The third-order valence-electron chi connectivity index (χ3n) is 5.88. The second kappa shape index (κ2) is 9.99. The third-order valence-corrected chi connectivity index (χ3v) is 8.37. The van der Waals surface area contributed by atoms with Gasteiger partial charge in [0.25, 0.3) is 0 Å². The molecule has 1 amide bonds. The van der Waals surface area contributed by atoms with Crippen LogP contribution in [0.2, 0.25) is 0 Å². The van der Waals surface area contributed by atoms with Gasteiger partial charge in [0.1, 0.15) is 11.1 Å². The van der Waals surface area contributed by atoms with Crippen molar-refractivity contribution in [2.45, 2.75) is 40.3 Å². The van der Waals surface area contributed by atoms with E-state index in [9.17, 15) is 10.1 Å². The second-order valence-corrected chi connectivity index (χ2v) is 10.5. The molecule has 3 aromatic carbocycles. The summed E-state index contributed by atoms with van der Waals surface area (Å²) in [7, 11) is 0. The minimum absolute atomic E-state index is 0.0101. The van der Waals surface area contributed by atoms with Gasteiger partial charge in [-0.15, -0.1) is 0 Å². The van der Waals surface area contributed by atoms with Crippen LogP contribution in [0.25, 0.3) is 11.3 Å². The number of nitrogens with zero attached hydrogens (tertiary/aromatic N) is 3. The summed E-state index contributed by atoms with van der Waals surface area (Å²) in [5.41, 5.74) is 5.21. The Labute approximate surface area is 214 Å². The van der Waals surface area contributed by atoms with E-state index in [0.717, 1.165) is 32.4 Å². The van der Waals surface area contributed by atoms with Crippen molar-refractivity contribution in [3.8, 4) is 17.3 Å². The van der Waals surface area contributed by atoms with Crippen molar-refractivity contribution >= 4 is 40.8 Å². The molecule has 0 fully saturated rings. The molecule has 1 aliphatic rings. The Morgan fingerprint density at radius 2 is 1.60 bits per heavy atom. The van der Waals surface area contributed by atoms with Crippen molar-refractivity contribution in [3.63, 3.8) is 0 Å². The molecule has 172 valence electrons. The molecule has 1 aliphatic heterocycles. The first-order chi connectivity index (χ1) is 17.1. The van der Waals surface area contributed by atoms with Crippen LogP contribution in [0.5, 0.6) is 0 Å². The van der Waals surface area contributed by atoms with Crippen LogP contribution in [0, 0.1) is 18.3 Å². The normalized spacial score (nSPS) is 12.9. The number of aryl methyl sites for hydroxylation is 1. The molecule has 0 radical (unpaired) electrons. The summed E-state index contributed by atoms with van der Waals surface area (Å²) < 4.78 is 0. The Bertz CT molecular complexity index is 1400. The van der Waals surface area contributed by atoms with Gasteiger partial charge in [0, 0.05) is 15.4 Å². The quantitative estimate of drug-likeness (QED) is 0.268. The SMILES string of the molecule is CCC(Sc1nc(-c2ccc(C)cc2)ccc1C#N)C(=O)N1c2ccccc2Sc2ccccc21. The number of amides is 1. The van der Waals surface area contributed by atoms with E-state index in [2.05, 4.69) is 6.07 Å². The molecule has 1 unspecified atom stereocenters. The standard InChI is InChI=1S/C29H23N3OS2/c1-3-25(35-28-21(18-30)16-17-22(31-28)20-14-12-19(2)13-15-20)29(33)32-23-8-4-6-10-26(23)34-27-11-7-5-9-24(27)32/h4-17,25H,3H2,1-2H3. The van der Waals surface area contributed by atoms with Crippen LogP contribution >= 0.6 is 23.5 Å². The summed E-state index contributed by atoms with van der Waals surface area (Å²) >= 11 is 3.05. The molecule has 2 heterocycles. The number of carbonyl (C=O) groups excluding carboxylic acids is 1. The number of pyridine rings is 1. The van der Waals surface area contributed by atoms with Crippen molar-refractivity contribution in [2.24, 2.45) is 0 Å². The Balaban J connectivity index is 1.51. The molecule has 1 aromatic heterocycles. The lowest BCUT2D eigenvalue weighted by atomic mass is 10.1. The topological polar surface area (TPSA) is 57.0 Å². The number of aromatic nitrogens is 1. The Morgan fingerprint density at radius 1 is 0.971 bits per heavy atom. The lowest BCUT2D eigenvalue weighted by molar-refractivity contribution is -0.117. The van der Waals surface area contributed by atoms with Gasteiger partial charge in [0.2, 0.25) is 5.91 Å². The molecule has 6 heteroatoms. The predicted octanol–water partition coefficient (Wildman–Crippen LogP) is 7.63. The number of benzene rings is 3. The van der Waals surface area contributed by atoms with Crippen molar-refractivity contribution in [2.75, 3.05) is 4.90 Å². The number of carbonyl (C=O) groups is 1. The van der Waals surface area contributed by atoms with Crippen LogP contribution < -0.4 is 4.90 Å². The highest BCUT2D eigenvalue weighted by atomic mass is 32.2. The Morgan fingerprint density at radius 3 is 2.20 bits per heavy atom. The summed E-state index contributed by atoms with van der Waals surface area (Å²) in [4.78, 5) is 22.8. The summed E-state index contributed by atoms with van der Waals surface area (Å²) in [6.07, 6.45) is 0.610. The van der Waals surface area contributed by atoms with E-state index in [1.807, 2.05) is 97.6 Å². The van der Waals surface area contributed by atoms with E-state index < -0.39 is 5.25 Å². The summed E-state index contributed by atoms with van der Waals surface area (Å²) in [6.45, 7) is 4.05. The van der Waals surface area contributed by atoms with E-state index in [4.69, 9.17) is 4.98 Å². The average Bonchev–Trinajstić information content (AvgIpc) is 2.90. The van der Waals surface area contributed by atoms with Crippen LogP contribution in [0.3, 0.4) is 0 Å². The van der Waals surface area contributed by atoms with Crippen LogP contribution in [0.1, 0.15) is 24.5 Å². The highest BCUT2D eigenvalue weighted by Crippen LogP contribution is 2.49. The smallest absolute Gasteiger partial charge is 0.245 e. The zero-order valence-electron chi connectivity index (χ0n) is 19.4. The molecule has 0 aliphatic carbocycles. The summed E-state index contributed by atoms with van der Waals surface area (Å²) in [6, 6.07) is 30.0. The first-order valence-corrected chi connectivity index (χ1v) is 13.1. The molecule has 1 atom stereocenters. The van der Waals surface area contributed by atoms with Gasteiger partial charge in [0.15, 0.2) is 0 Å². The first-order valence-electron chi connectivity index (χ1n) is 11.4. The molecule has 4 aromatic rings. The number of rotatable bonds is 5. The maximum absolute atomic E-state index is 14.0. The molecular formula is C29H23N3OS2. The Kier molecular flexibility index (Phi) is 6.63. The lowest BCUT2D eigenvalue weighted by Crippen LogP contribution is -2.35. The van der Waals surface area contributed by atoms with Crippen LogP contribution in [0.15, 0.2) is 99.7 Å². The van der Waals surface area contributed by atoms with E-state index in [1.165, 1.54) is 17.3 Å². The number of hydrogen-bond donors (Lipinski definition) is 0. The van der Waals surface area contributed by atoms with E-state index in [-0.39, 0.29) is 5.91 Å². The van der Waals surface area contributed by atoms with Crippen LogP contribution in [-0.4, -0.2) is 16.1 Å². The summed E-state index contributed by atoms with van der Waals surface area (Å²) in [5.74, 6) is -0.0101. The van der Waals surface area contributed by atoms with Crippen LogP contribution in [-0.2, 0) is 4.79 Å². The van der Waals surface area contributed by atoms with E-state index in [0.29, 0.717) is 17.0 Å². The summed E-state index contributed by atoms with van der Waals surface area (Å²) in [5, 5.41) is 9.93. The number of anilines is 2. The third kappa shape index (κ3) is 4.58. The highest BCUT2D eigenvalue weighted by Gasteiger charge is 2.33. The number of para-hydroxylation sites is 2. The van der Waals surface area contributed by atoms with Gasteiger partial charge in [-0.25, -0.2) is 4.98 Å². The van der Waals surface area contributed by atoms with Gasteiger partial charge in [-0.1, -0.05) is 84.5 Å². The fraction of sp³-hybridized carbons (Fsp3) is 0.138. The van der Waals surface area contributed by atoms with Crippen LogP contribution in [0.4, 0.5) is 11.4 Å². The molecule has 4 nitrogen and oxygen atoms in total. The minimum Gasteiger partial charge on any atom is -0.278 e. The van der Waals surface area contributed by atoms with Crippen molar-refractivity contribution < 1.29 is 4.79 Å². The molecule has 0 spiro atoms. The maximum Gasteiger partial charge on any atom is 0.245 e. The van der Waals surface area contributed by atoms with Gasteiger partial charge >= 0.3 is 0 Å². The molecule has 5 rings (SSSR count). The molecule has 0 bridgehead atoms. The number of fused-ring (bicyclic) bond motifs is 2. The van der Waals surface area contributed by atoms with E-state index >= 15 is 0 Å². The highest BCUT2D eigenvalue weighted by molar-refractivity contribution is 8.00. The number of thioether (sulfide) groups is 1. The van der Waals surface area contributed by atoms with Gasteiger partial charge in [-0.2, -0.15) is 5.26 Å². The fourth-order valence-electron chi connectivity index (χ4n) is 4.03. The largest absolute Gasteiger partial charge is 0.278 e. The monoisotopic (exact) mass is 493 g/mol. The average molecular weight is 494 g/mol. The first kappa shape index (κ1) is 23.2. The Hall–Kier alpha value is -3.53. The second-order valence-electron chi connectivity index (χ2n) is 8.25. The van der Waals surface area contributed by atoms with Crippen molar-refractivity contribution in [1.82, 2.24) is 4.98 Å². The minimum atomic E-state index is -0.396. The molecule has 0 N–H and O–H groups in total. The van der Waals surface area contributed by atoms with Gasteiger partial charge in [-0.05, 0) is 49.7 Å². The van der Waals surface area contributed by atoms with Crippen molar-refractivity contribution in [1.29, 1.82) is 5.26 Å². The molecule has 35 heavy (non-hydrogen) atoms. The van der Waals surface area contributed by atoms with Gasteiger partial charge in [0.05, 0.1) is 27.9 Å². The number of nitriles is 1. The maximum atomic E-state index is 14.0. The van der Waals surface area contributed by atoms with Gasteiger partial charge in [-0.3, -0.25) is 9.69 Å². The fourth-order valence-corrected chi connectivity index (χ4v) is 6.12. The van der Waals surface area contributed by atoms with Gasteiger partial charge < -0.3 is 0 Å². The predicted molar refractivity (Wildman–Crippen MR) is 143 cm³/mol.